The fraction of sp³-hybridized carbons (Fsp3) is 0.423. The van der Waals surface area contributed by atoms with Crippen molar-refractivity contribution < 1.29 is 34.1 Å². The first-order valence-electron chi connectivity index (χ1n) is 11.5. The lowest BCUT2D eigenvalue weighted by Gasteiger charge is -2.31. The summed E-state index contributed by atoms with van der Waals surface area (Å²) in [5.74, 6) is -1.81. The molecule has 0 atom stereocenters. The number of ether oxygens (including phenoxy) is 2. The third-order valence-corrected chi connectivity index (χ3v) is 5.44. The molecule has 1 amide bonds. The minimum Gasteiger partial charge on any atom is -0.493 e. The van der Waals surface area contributed by atoms with Crippen LogP contribution in [0.2, 0.25) is 0 Å². The minimum absolute atomic E-state index is 0.136. The Morgan fingerprint density at radius 2 is 1.60 bits per heavy atom. The molecule has 0 unspecified atom stereocenters. The number of nitrogens with one attached hydrogen (secondary N) is 1. The van der Waals surface area contributed by atoms with Gasteiger partial charge < -0.3 is 25.0 Å². The van der Waals surface area contributed by atoms with Crippen LogP contribution in [0, 0.1) is 5.92 Å². The Morgan fingerprint density at radius 3 is 2.14 bits per heavy atom. The highest BCUT2D eigenvalue weighted by molar-refractivity contribution is 6.27. The predicted octanol–water partition coefficient (Wildman–Crippen LogP) is 3.17. The number of hydrogen-bond donors (Lipinski definition) is 3. The Hall–Kier alpha value is -3.59. The van der Waals surface area contributed by atoms with E-state index in [0.717, 1.165) is 49.5 Å². The van der Waals surface area contributed by atoms with Crippen LogP contribution in [-0.4, -0.2) is 59.2 Å². The van der Waals surface area contributed by atoms with E-state index in [9.17, 15) is 4.79 Å². The largest absolute Gasteiger partial charge is 0.493 e. The van der Waals surface area contributed by atoms with Crippen LogP contribution in [0.25, 0.3) is 0 Å². The SMILES string of the molecule is COc1cc(CN2CCC(C(=O)NC(C)C)CC2)ccc1OCc1ccccc1.O=C(O)C(=O)O. The van der Waals surface area contributed by atoms with Crippen molar-refractivity contribution in [3.05, 3.63) is 59.7 Å². The summed E-state index contributed by atoms with van der Waals surface area (Å²) in [5, 5.41) is 17.8. The number of nitrogens with zero attached hydrogens (tertiary/aromatic N) is 1. The van der Waals surface area contributed by atoms with Gasteiger partial charge in [0.15, 0.2) is 11.5 Å². The second-order valence-electron chi connectivity index (χ2n) is 8.58. The van der Waals surface area contributed by atoms with Gasteiger partial charge in [-0.25, -0.2) is 9.59 Å². The van der Waals surface area contributed by atoms with E-state index < -0.39 is 11.9 Å². The first-order chi connectivity index (χ1) is 16.7. The Morgan fingerprint density at radius 1 is 0.971 bits per heavy atom. The molecule has 190 valence electrons. The Labute approximate surface area is 205 Å². The smallest absolute Gasteiger partial charge is 0.414 e. The molecule has 9 heteroatoms. The van der Waals surface area contributed by atoms with Crippen molar-refractivity contribution in [2.45, 2.75) is 45.9 Å². The molecule has 3 N–H and O–H groups in total. The van der Waals surface area contributed by atoms with Gasteiger partial charge in [0.2, 0.25) is 5.91 Å². The fourth-order valence-corrected chi connectivity index (χ4v) is 3.68. The molecule has 1 fully saturated rings. The number of amides is 1. The molecular formula is C26H34N2O7. The van der Waals surface area contributed by atoms with Crippen molar-refractivity contribution >= 4 is 17.8 Å². The number of hydrogen-bond acceptors (Lipinski definition) is 6. The van der Waals surface area contributed by atoms with E-state index in [0.29, 0.717) is 6.61 Å². The first kappa shape index (κ1) is 27.7. The zero-order valence-electron chi connectivity index (χ0n) is 20.4. The van der Waals surface area contributed by atoms with Crippen molar-refractivity contribution in [1.29, 1.82) is 0 Å². The van der Waals surface area contributed by atoms with Crippen molar-refractivity contribution in [2.24, 2.45) is 5.92 Å². The number of methoxy groups -OCH3 is 1. The number of carbonyl (C=O) groups is 3. The number of aliphatic carboxylic acids is 2. The average molecular weight is 487 g/mol. The van der Waals surface area contributed by atoms with E-state index in [4.69, 9.17) is 29.3 Å². The third-order valence-electron chi connectivity index (χ3n) is 5.44. The second-order valence-corrected chi connectivity index (χ2v) is 8.58. The predicted molar refractivity (Wildman–Crippen MR) is 130 cm³/mol. The lowest BCUT2D eigenvalue weighted by Crippen LogP contribution is -2.42. The highest BCUT2D eigenvalue weighted by Crippen LogP contribution is 2.30. The van der Waals surface area contributed by atoms with Crippen LogP contribution in [0.5, 0.6) is 11.5 Å². The van der Waals surface area contributed by atoms with Crippen LogP contribution >= 0.6 is 0 Å². The summed E-state index contributed by atoms with van der Waals surface area (Å²) in [4.78, 5) is 32.8. The van der Waals surface area contributed by atoms with Crippen molar-refractivity contribution in [3.63, 3.8) is 0 Å². The molecule has 0 aromatic heterocycles. The van der Waals surface area contributed by atoms with Gasteiger partial charge in [-0.05, 0) is 63.0 Å². The molecule has 9 nitrogen and oxygen atoms in total. The summed E-state index contributed by atoms with van der Waals surface area (Å²) in [6.07, 6.45) is 1.82. The average Bonchev–Trinajstić information content (AvgIpc) is 2.84. The molecule has 0 aliphatic carbocycles. The third kappa shape index (κ3) is 9.66. The molecule has 2 aromatic carbocycles. The Bertz CT molecular complexity index is 959. The summed E-state index contributed by atoms with van der Waals surface area (Å²) in [7, 11) is 1.67. The van der Waals surface area contributed by atoms with Crippen molar-refractivity contribution in [3.8, 4) is 11.5 Å². The molecule has 35 heavy (non-hydrogen) atoms. The van der Waals surface area contributed by atoms with Crippen LogP contribution in [0.15, 0.2) is 48.5 Å². The Balaban J connectivity index is 0.000000641. The molecule has 1 saturated heterocycles. The standard InChI is InChI=1S/C24H32N2O3.C2H2O4/c1-18(2)25-24(27)21-11-13-26(14-12-21)16-20-9-10-22(23(15-20)28-3)29-17-19-7-5-4-6-8-19;3-1(4)2(5)6/h4-10,15,18,21H,11-14,16-17H2,1-3H3,(H,25,27);(H,3,4)(H,5,6). The second kappa shape index (κ2) is 14.0. The summed E-state index contributed by atoms with van der Waals surface area (Å²) >= 11 is 0. The molecule has 0 radical (unpaired) electrons. The quantitative estimate of drug-likeness (QED) is 0.486. The van der Waals surface area contributed by atoms with Crippen LogP contribution < -0.4 is 14.8 Å². The van der Waals surface area contributed by atoms with E-state index in [1.807, 2.05) is 50.2 Å². The minimum atomic E-state index is -1.82. The maximum atomic E-state index is 12.2. The van der Waals surface area contributed by atoms with Gasteiger partial charge in [-0.3, -0.25) is 9.69 Å². The molecular weight excluding hydrogens is 452 g/mol. The van der Waals surface area contributed by atoms with Gasteiger partial charge in [0.05, 0.1) is 7.11 Å². The van der Waals surface area contributed by atoms with E-state index in [2.05, 4.69) is 22.3 Å². The van der Waals surface area contributed by atoms with E-state index >= 15 is 0 Å². The lowest BCUT2D eigenvalue weighted by atomic mass is 9.95. The highest BCUT2D eigenvalue weighted by Gasteiger charge is 2.25. The molecule has 0 spiro atoms. The summed E-state index contributed by atoms with van der Waals surface area (Å²) in [6.45, 7) is 7.26. The number of carboxylic acids is 2. The van der Waals surface area contributed by atoms with Gasteiger partial charge in [-0.15, -0.1) is 0 Å². The highest BCUT2D eigenvalue weighted by atomic mass is 16.5. The number of carbonyl (C=O) groups excluding carboxylic acids is 1. The van der Waals surface area contributed by atoms with Gasteiger partial charge in [0.25, 0.3) is 0 Å². The van der Waals surface area contributed by atoms with Crippen molar-refractivity contribution in [1.82, 2.24) is 10.2 Å². The molecule has 1 aliphatic rings. The van der Waals surface area contributed by atoms with E-state index in [1.165, 1.54) is 5.56 Å². The molecule has 1 aliphatic heterocycles. The zero-order chi connectivity index (χ0) is 25.8. The summed E-state index contributed by atoms with van der Waals surface area (Å²) in [5.41, 5.74) is 2.32. The molecule has 0 bridgehead atoms. The Kier molecular flexibility index (Phi) is 11.0. The van der Waals surface area contributed by atoms with Gasteiger partial charge >= 0.3 is 11.9 Å². The van der Waals surface area contributed by atoms with E-state index in [-0.39, 0.29) is 17.9 Å². The van der Waals surface area contributed by atoms with Gasteiger partial charge in [0, 0.05) is 18.5 Å². The molecule has 0 saturated carbocycles. The van der Waals surface area contributed by atoms with Crippen LogP contribution in [0.1, 0.15) is 37.8 Å². The number of carboxylic acid groups (broad SMARTS) is 2. The number of likely N-dealkylation sites (tertiary alicyclic amines) is 1. The van der Waals surface area contributed by atoms with Crippen molar-refractivity contribution in [2.75, 3.05) is 20.2 Å². The first-order valence-corrected chi connectivity index (χ1v) is 11.5. The molecule has 3 rings (SSSR count). The van der Waals surface area contributed by atoms with Gasteiger partial charge in [0.1, 0.15) is 6.61 Å². The van der Waals surface area contributed by atoms with Crippen LogP contribution in [0.4, 0.5) is 0 Å². The number of rotatable bonds is 8. The summed E-state index contributed by atoms with van der Waals surface area (Å²) in [6, 6.07) is 16.5. The number of benzene rings is 2. The number of piperidine rings is 1. The van der Waals surface area contributed by atoms with E-state index in [1.54, 1.807) is 7.11 Å². The van der Waals surface area contributed by atoms with Crippen LogP contribution in [0.3, 0.4) is 0 Å². The van der Waals surface area contributed by atoms with Gasteiger partial charge in [-0.2, -0.15) is 0 Å². The molecule has 1 heterocycles. The molecule has 2 aromatic rings. The monoisotopic (exact) mass is 486 g/mol. The topological polar surface area (TPSA) is 125 Å². The fourth-order valence-electron chi connectivity index (χ4n) is 3.68. The maximum absolute atomic E-state index is 12.2. The normalized spacial score (nSPS) is 13.9. The maximum Gasteiger partial charge on any atom is 0.414 e. The zero-order valence-corrected chi connectivity index (χ0v) is 20.4. The summed E-state index contributed by atoms with van der Waals surface area (Å²) < 4.78 is 11.5. The van der Waals surface area contributed by atoms with Gasteiger partial charge in [-0.1, -0.05) is 36.4 Å². The lowest BCUT2D eigenvalue weighted by molar-refractivity contribution is -0.159. The van der Waals surface area contributed by atoms with Crippen LogP contribution in [-0.2, 0) is 27.5 Å².